The average molecular weight is 314 g/mol. The van der Waals surface area contributed by atoms with E-state index in [0.717, 1.165) is 19.3 Å². The van der Waals surface area contributed by atoms with Gasteiger partial charge >= 0.3 is 0 Å². The third kappa shape index (κ3) is 2.86. The summed E-state index contributed by atoms with van der Waals surface area (Å²) in [6.45, 7) is 6.61. The molecule has 0 saturated carbocycles. The highest BCUT2D eigenvalue weighted by atomic mass is 32.2. The highest BCUT2D eigenvalue weighted by Crippen LogP contribution is 2.31. The van der Waals surface area contributed by atoms with Crippen LogP contribution < -0.4 is 5.73 Å². The van der Waals surface area contributed by atoms with Crippen molar-refractivity contribution in [2.24, 2.45) is 18.7 Å². The SMILES string of the molecule is CCC1CCN(S(=O)(=O)c2c(C)nn(C)c2C)C(CN)C1. The Balaban J connectivity index is 2.39. The van der Waals surface area contributed by atoms with Gasteiger partial charge in [0.2, 0.25) is 10.0 Å². The van der Waals surface area contributed by atoms with Crippen LogP contribution in [-0.4, -0.2) is 41.6 Å². The molecule has 1 aliphatic heterocycles. The Morgan fingerprint density at radius 3 is 2.52 bits per heavy atom. The number of piperidine rings is 1. The minimum absolute atomic E-state index is 0.104. The van der Waals surface area contributed by atoms with Gasteiger partial charge in [-0.1, -0.05) is 13.3 Å². The molecule has 1 aromatic rings. The number of hydrogen-bond acceptors (Lipinski definition) is 4. The lowest BCUT2D eigenvalue weighted by Gasteiger charge is -2.37. The number of rotatable bonds is 4. The predicted molar refractivity (Wildman–Crippen MR) is 82.4 cm³/mol. The van der Waals surface area contributed by atoms with E-state index in [1.807, 2.05) is 0 Å². The van der Waals surface area contributed by atoms with Gasteiger partial charge in [-0.3, -0.25) is 4.68 Å². The van der Waals surface area contributed by atoms with Gasteiger partial charge < -0.3 is 5.73 Å². The van der Waals surface area contributed by atoms with E-state index in [0.29, 0.717) is 35.3 Å². The van der Waals surface area contributed by atoms with Crippen molar-refractivity contribution in [2.75, 3.05) is 13.1 Å². The van der Waals surface area contributed by atoms with Gasteiger partial charge in [0, 0.05) is 26.2 Å². The summed E-state index contributed by atoms with van der Waals surface area (Å²) < 4.78 is 29.3. The van der Waals surface area contributed by atoms with Crippen LogP contribution in [0, 0.1) is 19.8 Å². The largest absolute Gasteiger partial charge is 0.329 e. The van der Waals surface area contributed by atoms with E-state index < -0.39 is 10.0 Å². The van der Waals surface area contributed by atoms with E-state index in [1.54, 1.807) is 29.9 Å². The molecule has 2 N–H and O–H groups in total. The Hall–Kier alpha value is -0.920. The summed E-state index contributed by atoms with van der Waals surface area (Å²) in [5, 5.41) is 4.23. The summed E-state index contributed by atoms with van der Waals surface area (Å²) in [4.78, 5) is 0.346. The molecule has 1 aliphatic rings. The maximum Gasteiger partial charge on any atom is 0.247 e. The van der Waals surface area contributed by atoms with E-state index in [4.69, 9.17) is 5.73 Å². The third-order valence-corrected chi connectivity index (χ3v) is 6.83. The molecule has 0 bridgehead atoms. The van der Waals surface area contributed by atoms with Crippen molar-refractivity contribution in [2.45, 2.75) is 51.0 Å². The molecule has 6 nitrogen and oxygen atoms in total. The van der Waals surface area contributed by atoms with Crippen LogP contribution in [0.4, 0.5) is 0 Å². The fourth-order valence-corrected chi connectivity index (χ4v) is 5.32. The number of nitrogens with two attached hydrogens (primary N) is 1. The number of aryl methyl sites for hydroxylation is 2. The molecule has 1 saturated heterocycles. The molecule has 1 fully saturated rings. The van der Waals surface area contributed by atoms with Crippen LogP contribution in [0.1, 0.15) is 37.6 Å². The number of sulfonamides is 1. The zero-order valence-electron chi connectivity index (χ0n) is 13.3. The summed E-state index contributed by atoms with van der Waals surface area (Å²) in [5.41, 5.74) is 7.08. The van der Waals surface area contributed by atoms with Gasteiger partial charge in [-0.05, 0) is 32.6 Å². The van der Waals surface area contributed by atoms with Crippen molar-refractivity contribution >= 4 is 10.0 Å². The van der Waals surface area contributed by atoms with Crippen LogP contribution in [0.5, 0.6) is 0 Å². The van der Waals surface area contributed by atoms with Crippen LogP contribution in [0.3, 0.4) is 0 Å². The Labute approximate surface area is 127 Å². The second kappa shape index (κ2) is 6.06. The van der Waals surface area contributed by atoms with Crippen molar-refractivity contribution in [3.05, 3.63) is 11.4 Å². The second-order valence-corrected chi connectivity index (χ2v) is 7.75. The molecule has 120 valence electrons. The molecule has 2 rings (SSSR count). The Kier molecular flexibility index (Phi) is 4.75. The maximum absolute atomic E-state index is 13.0. The Morgan fingerprint density at radius 2 is 2.05 bits per heavy atom. The Morgan fingerprint density at radius 1 is 1.38 bits per heavy atom. The van der Waals surface area contributed by atoms with E-state index in [-0.39, 0.29) is 6.04 Å². The van der Waals surface area contributed by atoms with Crippen molar-refractivity contribution in [1.82, 2.24) is 14.1 Å². The van der Waals surface area contributed by atoms with Crippen LogP contribution in [0.15, 0.2) is 4.90 Å². The van der Waals surface area contributed by atoms with Gasteiger partial charge in [0.05, 0.1) is 11.4 Å². The van der Waals surface area contributed by atoms with Crippen molar-refractivity contribution in [3.63, 3.8) is 0 Å². The standard InChI is InChI=1S/C14H26N4O2S/c1-5-12-6-7-18(13(8-12)9-15)21(19,20)14-10(2)16-17(4)11(14)3/h12-13H,5-9,15H2,1-4H3. The molecule has 2 atom stereocenters. The van der Waals surface area contributed by atoms with Gasteiger partial charge in [0.15, 0.2) is 0 Å². The molecule has 0 aliphatic carbocycles. The summed E-state index contributed by atoms with van der Waals surface area (Å²) in [5.74, 6) is 0.570. The lowest BCUT2D eigenvalue weighted by Crippen LogP contribution is -2.49. The zero-order valence-corrected chi connectivity index (χ0v) is 14.2. The first-order chi connectivity index (χ1) is 9.82. The number of aromatic nitrogens is 2. The summed E-state index contributed by atoms with van der Waals surface area (Å²) in [7, 11) is -1.76. The smallest absolute Gasteiger partial charge is 0.247 e. The van der Waals surface area contributed by atoms with E-state index >= 15 is 0 Å². The molecule has 2 heterocycles. The summed E-state index contributed by atoms with van der Waals surface area (Å²) >= 11 is 0. The molecule has 7 heteroatoms. The first-order valence-electron chi connectivity index (χ1n) is 7.55. The van der Waals surface area contributed by atoms with Crippen molar-refractivity contribution in [3.8, 4) is 0 Å². The predicted octanol–water partition coefficient (Wildman–Crippen LogP) is 1.17. The molecular weight excluding hydrogens is 288 g/mol. The molecule has 1 aromatic heterocycles. The first kappa shape index (κ1) is 16.5. The van der Waals surface area contributed by atoms with E-state index in [2.05, 4.69) is 12.0 Å². The van der Waals surface area contributed by atoms with Gasteiger partial charge in [-0.2, -0.15) is 9.40 Å². The van der Waals surface area contributed by atoms with E-state index in [9.17, 15) is 8.42 Å². The third-order valence-electron chi connectivity index (χ3n) is 4.63. The quantitative estimate of drug-likeness (QED) is 0.904. The van der Waals surface area contributed by atoms with Gasteiger partial charge in [-0.25, -0.2) is 8.42 Å². The number of hydrogen-bond donors (Lipinski definition) is 1. The van der Waals surface area contributed by atoms with E-state index in [1.165, 1.54) is 0 Å². The van der Waals surface area contributed by atoms with Crippen LogP contribution in [0.25, 0.3) is 0 Å². The van der Waals surface area contributed by atoms with Crippen LogP contribution >= 0.6 is 0 Å². The molecular formula is C14H26N4O2S. The minimum Gasteiger partial charge on any atom is -0.329 e. The molecule has 0 radical (unpaired) electrons. The minimum atomic E-state index is -3.53. The molecule has 2 unspecified atom stereocenters. The molecule has 0 amide bonds. The summed E-state index contributed by atoms with van der Waals surface area (Å²) in [6, 6.07) is -0.104. The maximum atomic E-state index is 13.0. The topological polar surface area (TPSA) is 81.2 Å². The average Bonchev–Trinajstić information content (AvgIpc) is 2.71. The van der Waals surface area contributed by atoms with Crippen molar-refractivity contribution < 1.29 is 8.42 Å². The van der Waals surface area contributed by atoms with Gasteiger partial charge in [-0.15, -0.1) is 0 Å². The highest BCUT2D eigenvalue weighted by molar-refractivity contribution is 7.89. The van der Waals surface area contributed by atoms with Crippen LogP contribution in [0.2, 0.25) is 0 Å². The fraction of sp³-hybridized carbons (Fsp3) is 0.786. The lowest BCUT2D eigenvalue weighted by molar-refractivity contribution is 0.197. The summed E-state index contributed by atoms with van der Waals surface area (Å²) in [6.07, 6.45) is 2.84. The van der Waals surface area contributed by atoms with Crippen molar-refractivity contribution in [1.29, 1.82) is 0 Å². The zero-order chi connectivity index (χ0) is 15.8. The van der Waals surface area contributed by atoms with Crippen LogP contribution in [-0.2, 0) is 17.1 Å². The first-order valence-corrected chi connectivity index (χ1v) is 8.99. The normalized spacial score (nSPS) is 24.4. The molecule has 21 heavy (non-hydrogen) atoms. The monoisotopic (exact) mass is 314 g/mol. The Bertz CT molecular complexity index is 609. The fourth-order valence-electron chi connectivity index (χ4n) is 3.26. The van der Waals surface area contributed by atoms with Gasteiger partial charge in [0.1, 0.15) is 4.90 Å². The second-order valence-electron chi connectivity index (χ2n) is 5.93. The number of nitrogens with zero attached hydrogens (tertiary/aromatic N) is 3. The molecule has 0 aromatic carbocycles. The lowest BCUT2D eigenvalue weighted by atomic mass is 9.90. The highest BCUT2D eigenvalue weighted by Gasteiger charge is 2.38. The molecule has 0 spiro atoms. The van der Waals surface area contributed by atoms with Gasteiger partial charge in [0.25, 0.3) is 0 Å².